The van der Waals surface area contributed by atoms with Gasteiger partial charge in [0.1, 0.15) is 29.8 Å². The molecule has 2 unspecified atom stereocenters. The molecule has 1 aliphatic heterocycles. The van der Waals surface area contributed by atoms with Crippen LogP contribution in [0.25, 0.3) is 22.2 Å². The van der Waals surface area contributed by atoms with Gasteiger partial charge in [0.25, 0.3) is 0 Å². The summed E-state index contributed by atoms with van der Waals surface area (Å²) in [4.78, 5) is 8.42. The van der Waals surface area contributed by atoms with Crippen LogP contribution in [0.2, 0.25) is 5.02 Å². The molecule has 6 nitrogen and oxygen atoms in total. The minimum absolute atomic E-state index is 0.0206. The van der Waals surface area contributed by atoms with Crippen molar-refractivity contribution >= 4 is 28.5 Å². The third-order valence-electron chi connectivity index (χ3n) is 4.47. The number of nitrogens with zero attached hydrogens (tertiary/aromatic N) is 3. The summed E-state index contributed by atoms with van der Waals surface area (Å²) < 4.78 is 21.3. The molecule has 3 aromatic rings. The lowest BCUT2D eigenvalue weighted by atomic mass is 10.1. The van der Waals surface area contributed by atoms with E-state index in [2.05, 4.69) is 9.97 Å². The van der Waals surface area contributed by atoms with Crippen molar-refractivity contribution in [1.29, 1.82) is 0 Å². The molecule has 2 aromatic heterocycles. The lowest BCUT2D eigenvalue weighted by Crippen LogP contribution is -2.14. The molecule has 8 heteroatoms. The Labute approximate surface area is 148 Å². The fourth-order valence-corrected chi connectivity index (χ4v) is 3.42. The third kappa shape index (κ3) is 2.74. The second kappa shape index (κ2) is 6.25. The van der Waals surface area contributed by atoms with Gasteiger partial charge >= 0.3 is 0 Å². The Morgan fingerprint density at radius 2 is 2.20 bits per heavy atom. The van der Waals surface area contributed by atoms with Crippen molar-refractivity contribution in [2.45, 2.75) is 25.2 Å². The highest BCUT2D eigenvalue weighted by molar-refractivity contribution is 6.31. The molecular formula is C17H16ClFN4O2. The van der Waals surface area contributed by atoms with Crippen LogP contribution in [0, 0.1) is 5.82 Å². The van der Waals surface area contributed by atoms with E-state index in [0.717, 1.165) is 18.4 Å². The van der Waals surface area contributed by atoms with Crippen LogP contribution in [0.4, 0.5) is 10.2 Å². The van der Waals surface area contributed by atoms with E-state index < -0.39 is 5.82 Å². The molecule has 1 fully saturated rings. The van der Waals surface area contributed by atoms with Gasteiger partial charge in [-0.2, -0.15) is 0 Å². The second-order valence-corrected chi connectivity index (χ2v) is 6.42. The van der Waals surface area contributed by atoms with Crippen LogP contribution in [-0.2, 0) is 4.74 Å². The SMILES string of the molecule is Nc1ncnc2c1c(-c1ccc(F)c(Cl)c1)cn2C1CCC(CO)O1. The average Bonchev–Trinajstić information content (AvgIpc) is 3.22. The molecule has 1 aromatic carbocycles. The number of ether oxygens (including phenoxy) is 1. The van der Waals surface area contributed by atoms with Gasteiger partial charge < -0.3 is 20.1 Å². The first-order valence-electron chi connectivity index (χ1n) is 7.91. The van der Waals surface area contributed by atoms with Crippen molar-refractivity contribution in [3.05, 3.63) is 41.6 Å². The fraction of sp³-hybridized carbons (Fsp3) is 0.294. The minimum atomic E-state index is -0.483. The number of aliphatic hydroxyl groups excluding tert-OH is 1. The van der Waals surface area contributed by atoms with E-state index in [1.165, 1.54) is 12.4 Å². The van der Waals surface area contributed by atoms with E-state index in [0.29, 0.717) is 22.4 Å². The number of halogens is 2. The molecule has 130 valence electrons. The zero-order valence-electron chi connectivity index (χ0n) is 13.2. The molecule has 0 bridgehead atoms. The van der Waals surface area contributed by atoms with Gasteiger partial charge in [-0.15, -0.1) is 0 Å². The molecule has 0 radical (unpaired) electrons. The Morgan fingerprint density at radius 1 is 1.36 bits per heavy atom. The highest BCUT2D eigenvalue weighted by Gasteiger charge is 2.28. The number of anilines is 1. The number of hydrogen-bond acceptors (Lipinski definition) is 5. The van der Waals surface area contributed by atoms with Gasteiger partial charge in [-0.3, -0.25) is 0 Å². The minimum Gasteiger partial charge on any atom is -0.394 e. The van der Waals surface area contributed by atoms with E-state index >= 15 is 0 Å². The van der Waals surface area contributed by atoms with Gasteiger partial charge in [0.05, 0.1) is 23.1 Å². The second-order valence-electron chi connectivity index (χ2n) is 6.01. The van der Waals surface area contributed by atoms with Gasteiger partial charge in [-0.05, 0) is 30.5 Å². The maximum atomic E-state index is 13.5. The number of fused-ring (bicyclic) bond motifs is 1. The number of benzene rings is 1. The van der Waals surface area contributed by atoms with E-state index in [-0.39, 0.29) is 24.0 Å². The topological polar surface area (TPSA) is 86.2 Å². The molecule has 3 heterocycles. The van der Waals surface area contributed by atoms with Crippen LogP contribution in [0.15, 0.2) is 30.7 Å². The van der Waals surface area contributed by atoms with E-state index in [4.69, 9.17) is 22.1 Å². The summed E-state index contributed by atoms with van der Waals surface area (Å²) in [5.74, 6) is -0.154. The quantitative estimate of drug-likeness (QED) is 0.747. The van der Waals surface area contributed by atoms with Gasteiger partial charge in [-0.25, -0.2) is 14.4 Å². The maximum absolute atomic E-state index is 13.5. The van der Waals surface area contributed by atoms with Crippen molar-refractivity contribution in [3.8, 4) is 11.1 Å². The molecule has 0 aliphatic carbocycles. The summed E-state index contributed by atoms with van der Waals surface area (Å²) >= 11 is 5.93. The summed E-state index contributed by atoms with van der Waals surface area (Å²) in [6, 6.07) is 4.50. The standard InChI is InChI=1S/C17H16ClFN4O2/c18-12-5-9(1-3-13(12)19)11-6-23(14-4-2-10(7-24)25-14)17-15(11)16(20)21-8-22-17/h1,3,5-6,8,10,14,24H,2,4,7H2,(H2,20,21,22). The molecular weight excluding hydrogens is 347 g/mol. The number of hydrogen-bond donors (Lipinski definition) is 2. The van der Waals surface area contributed by atoms with Crippen molar-refractivity contribution < 1.29 is 14.2 Å². The summed E-state index contributed by atoms with van der Waals surface area (Å²) in [6.07, 6.45) is 4.34. The van der Waals surface area contributed by atoms with Crippen LogP contribution in [0.1, 0.15) is 19.1 Å². The average molecular weight is 363 g/mol. The van der Waals surface area contributed by atoms with Crippen LogP contribution in [0.3, 0.4) is 0 Å². The summed E-state index contributed by atoms with van der Waals surface area (Å²) in [5.41, 5.74) is 8.18. The highest BCUT2D eigenvalue weighted by Crippen LogP contribution is 2.38. The van der Waals surface area contributed by atoms with Crippen molar-refractivity contribution in [1.82, 2.24) is 14.5 Å². The third-order valence-corrected chi connectivity index (χ3v) is 4.76. The Bertz CT molecular complexity index is 946. The van der Waals surface area contributed by atoms with Crippen LogP contribution < -0.4 is 5.73 Å². The molecule has 0 spiro atoms. The van der Waals surface area contributed by atoms with Crippen molar-refractivity contribution in [2.24, 2.45) is 0 Å². The van der Waals surface area contributed by atoms with Crippen LogP contribution >= 0.6 is 11.6 Å². The summed E-state index contributed by atoms with van der Waals surface area (Å²) in [5, 5.41) is 10.00. The Morgan fingerprint density at radius 3 is 2.92 bits per heavy atom. The lowest BCUT2D eigenvalue weighted by Gasteiger charge is -2.14. The van der Waals surface area contributed by atoms with Gasteiger partial charge in [0, 0.05) is 11.8 Å². The lowest BCUT2D eigenvalue weighted by molar-refractivity contribution is -0.0204. The summed E-state index contributed by atoms with van der Waals surface area (Å²) in [6.45, 7) is -0.0206. The molecule has 1 saturated heterocycles. The largest absolute Gasteiger partial charge is 0.394 e. The molecule has 1 aliphatic rings. The number of rotatable bonds is 3. The molecule has 0 saturated carbocycles. The first kappa shape index (κ1) is 16.3. The zero-order valence-corrected chi connectivity index (χ0v) is 13.9. The fourth-order valence-electron chi connectivity index (χ4n) is 3.24. The van der Waals surface area contributed by atoms with Crippen LogP contribution in [-0.4, -0.2) is 32.4 Å². The Balaban J connectivity index is 1.89. The predicted molar refractivity (Wildman–Crippen MR) is 92.6 cm³/mol. The molecule has 25 heavy (non-hydrogen) atoms. The smallest absolute Gasteiger partial charge is 0.148 e. The van der Waals surface area contributed by atoms with Gasteiger partial charge in [-0.1, -0.05) is 17.7 Å². The number of nitrogen functional groups attached to an aromatic ring is 1. The predicted octanol–water partition coefficient (Wildman–Crippen LogP) is 3.14. The van der Waals surface area contributed by atoms with E-state index in [1.807, 2.05) is 10.8 Å². The molecule has 4 rings (SSSR count). The van der Waals surface area contributed by atoms with Gasteiger partial charge in [0.15, 0.2) is 0 Å². The first-order chi connectivity index (χ1) is 12.1. The van der Waals surface area contributed by atoms with Crippen molar-refractivity contribution in [2.75, 3.05) is 12.3 Å². The number of aliphatic hydroxyl groups is 1. The number of nitrogens with two attached hydrogens (primary N) is 1. The molecule has 3 N–H and O–H groups in total. The van der Waals surface area contributed by atoms with Gasteiger partial charge in [0.2, 0.25) is 0 Å². The van der Waals surface area contributed by atoms with E-state index in [1.54, 1.807) is 12.1 Å². The van der Waals surface area contributed by atoms with E-state index in [9.17, 15) is 9.50 Å². The maximum Gasteiger partial charge on any atom is 0.148 e. The molecule has 2 atom stereocenters. The Hall–Kier alpha value is -2.22. The van der Waals surface area contributed by atoms with Crippen LogP contribution in [0.5, 0.6) is 0 Å². The summed E-state index contributed by atoms with van der Waals surface area (Å²) in [7, 11) is 0. The zero-order chi connectivity index (χ0) is 17.6. The van der Waals surface area contributed by atoms with Crippen molar-refractivity contribution in [3.63, 3.8) is 0 Å². The monoisotopic (exact) mass is 362 g/mol. The Kier molecular flexibility index (Phi) is 4.07. The highest BCUT2D eigenvalue weighted by atomic mass is 35.5. The number of aromatic nitrogens is 3. The first-order valence-corrected chi connectivity index (χ1v) is 8.29. The normalized spacial score (nSPS) is 20.4. The molecule has 0 amide bonds.